The lowest BCUT2D eigenvalue weighted by Crippen LogP contribution is -2.00. The highest BCUT2D eigenvalue weighted by molar-refractivity contribution is 5.96. The Hall–Kier alpha value is -2.22. The third kappa shape index (κ3) is 3.06. The summed E-state index contributed by atoms with van der Waals surface area (Å²) in [6.07, 6.45) is 3.43. The van der Waals surface area contributed by atoms with Crippen LogP contribution in [0.5, 0.6) is 0 Å². The summed E-state index contributed by atoms with van der Waals surface area (Å²) in [4.78, 5) is 4.94. The molecule has 24 heavy (non-hydrogen) atoms. The maximum atomic E-state index is 13.3. The van der Waals surface area contributed by atoms with Crippen LogP contribution in [0.2, 0.25) is 0 Å². The molecule has 0 spiro atoms. The average molecular weight is 321 g/mol. The largest absolute Gasteiger partial charge is 0.252 e. The van der Waals surface area contributed by atoms with E-state index in [0.29, 0.717) is 5.92 Å². The van der Waals surface area contributed by atoms with Crippen LogP contribution in [0.1, 0.15) is 50.8 Å². The topological polar surface area (TPSA) is 12.9 Å². The predicted octanol–water partition coefficient (Wildman–Crippen LogP) is 6.51. The Bertz CT molecular complexity index is 832. The molecule has 0 aliphatic heterocycles. The zero-order valence-corrected chi connectivity index (χ0v) is 14.6. The van der Waals surface area contributed by atoms with E-state index >= 15 is 0 Å². The second-order valence-corrected chi connectivity index (χ2v) is 6.00. The van der Waals surface area contributed by atoms with Crippen LogP contribution in [0.25, 0.3) is 22.0 Å². The third-order valence-electron chi connectivity index (χ3n) is 4.48. The molecular formula is C22H24FN. The minimum Gasteiger partial charge on any atom is -0.252 e. The van der Waals surface area contributed by atoms with E-state index in [9.17, 15) is 4.39 Å². The summed E-state index contributed by atoms with van der Waals surface area (Å²) in [5.74, 6) is 0.418. The molecule has 1 heterocycles. The molecule has 0 atom stereocenters. The Morgan fingerprint density at radius 1 is 1.00 bits per heavy atom. The molecule has 2 heteroatoms. The molecule has 0 radical (unpaired) electrons. The number of fused-ring (bicyclic) bond motifs is 1. The number of para-hydroxylation sites is 1. The number of nitrogens with zero attached hydrogens (tertiary/aromatic N) is 1. The number of pyridine rings is 1. The summed E-state index contributed by atoms with van der Waals surface area (Å²) in [5, 5.41) is 1.16. The highest BCUT2D eigenvalue weighted by Crippen LogP contribution is 2.44. The lowest BCUT2D eigenvalue weighted by molar-refractivity contribution is 0.628. The molecule has 4 rings (SSSR count). The zero-order chi connectivity index (χ0) is 17.1. The molecule has 1 aliphatic rings. The second-order valence-electron chi connectivity index (χ2n) is 6.00. The van der Waals surface area contributed by atoms with Crippen molar-refractivity contribution >= 4 is 10.9 Å². The van der Waals surface area contributed by atoms with Gasteiger partial charge in [0.25, 0.3) is 0 Å². The van der Waals surface area contributed by atoms with Crippen LogP contribution in [0, 0.1) is 5.82 Å². The van der Waals surface area contributed by atoms with Crippen LogP contribution in [0.15, 0.2) is 48.5 Å². The Kier molecular flexibility index (Phi) is 4.94. The standard InChI is InChI=1S/C20H18FN.C2H6/c1-2-16-19(13-9-11-15(21)12-10-13)17-5-3-4-6-18(17)22-20(16)14-7-8-14;1-2/h3-6,9-12,14H,2,7-8H2,1H3;1-2H3. The van der Waals surface area contributed by atoms with E-state index in [-0.39, 0.29) is 5.82 Å². The molecule has 0 saturated heterocycles. The van der Waals surface area contributed by atoms with E-state index in [1.54, 1.807) is 12.1 Å². The smallest absolute Gasteiger partial charge is 0.123 e. The Morgan fingerprint density at radius 3 is 2.29 bits per heavy atom. The molecular weight excluding hydrogens is 297 g/mol. The van der Waals surface area contributed by atoms with Crippen LogP contribution >= 0.6 is 0 Å². The molecule has 1 saturated carbocycles. The molecule has 3 aromatic rings. The van der Waals surface area contributed by atoms with Gasteiger partial charge >= 0.3 is 0 Å². The van der Waals surface area contributed by atoms with Gasteiger partial charge in [0, 0.05) is 17.0 Å². The summed E-state index contributed by atoms with van der Waals surface area (Å²) in [7, 11) is 0. The van der Waals surface area contributed by atoms with Crippen molar-refractivity contribution in [3.8, 4) is 11.1 Å². The lowest BCUT2D eigenvalue weighted by Gasteiger charge is -2.16. The number of hydrogen-bond acceptors (Lipinski definition) is 1. The molecule has 1 aliphatic carbocycles. The van der Waals surface area contributed by atoms with E-state index in [4.69, 9.17) is 4.98 Å². The highest BCUT2D eigenvalue weighted by Gasteiger charge is 2.29. The molecule has 0 unspecified atom stereocenters. The first-order valence-corrected chi connectivity index (χ1v) is 8.95. The van der Waals surface area contributed by atoms with Crippen molar-refractivity contribution in [2.75, 3.05) is 0 Å². The van der Waals surface area contributed by atoms with Crippen molar-refractivity contribution in [2.45, 2.75) is 46.0 Å². The van der Waals surface area contributed by atoms with Gasteiger partial charge in [-0.25, -0.2) is 4.39 Å². The quantitative estimate of drug-likeness (QED) is 0.536. The first kappa shape index (κ1) is 16.6. The van der Waals surface area contributed by atoms with Crippen LogP contribution in [-0.4, -0.2) is 4.98 Å². The Labute approximate surface area is 143 Å². The van der Waals surface area contributed by atoms with Gasteiger partial charge in [-0.2, -0.15) is 0 Å². The van der Waals surface area contributed by atoms with Gasteiger partial charge in [-0.1, -0.05) is 51.1 Å². The van der Waals surface area contributed by atoms with Gasteiger partial charge in [-0.3, -0.25) is 4.98 Å². The average Bonchev–Trinajstić information content (AvgIpc) is 3.47. The van der Waals surface area contributed by atoms with Crippen LogP contribution in [-0.2, 0) is 6.42 Å². The molecule has 0 amide bonds. The fourth-order valence-electron chi connectivity index (χ4n) is 3.27. The summed E-state index contributed by atoms with van der Waals surface area (Å²) in [5.41, 5.74) is 5.93. The minimum atomic E-state index is -0.192. The molecule has 1 nitrogen and oxygen atoms in total. The van der Waals surface area contributed by atoms with Gasteiger partial charge in [0.05, 0.1) is 5.52 Å². The monoisotopic (exact) mass is 321 g/mol. The molecule has 0 bridgehead atoms. The SMILES string of the molecule is CC.CCc1c(C2CC2)nc2ccccc2c1-c1ccc(F)cc1. The number of rotatable bonds is 3. The van der Waals surface area contributed by atoms with Gasteiger partial charge in [0.2, 0.25) is 0 Å². The number of aromatic nitrogens is 1. The molecule has 1 aromatic heterocycles. The zero-order valence-electron chi connectivity index (χ0n) is 14.6. The van der Waals surface area contributed by atoms with Crippen molar-refractivity contribution in [3.05, 3.63) is 65.6 Å². The van der Waals surface area contributed by atoms with Crippen LogP contribution in [0.3, 0.4) is 0 Å². The predicted molar refractivity (Wildman–Crippen MR) is 99.8 cm³/mol. The summed E-state index contributed by atoms with van der Waals surface area (Å²) >= 11 is 0. The third-order valence-corrected chi connectivity index (χ3v) is 4.48. The van der Waals surface area contributed by atoms with Crippen LogP contribution < -0.4 is 0 Å². The molecule has 0 N–H and O–H groups in total. The number of halogens is 1. The van der Waals surface area contributed by atoms with E-state index in [1.807, 2.05) is 38.1 Å². The summed E-state index contributed by atoms with van der Waals surface area (Å²) in [6.45, 7) is 6.19. The van der Waals surface area contributed by atoms with E-state index in [0.717, 1.165) is 22.9 Å². The van der Waals surface area contributed by atoms with Crippen molar-refractivity contribution in [3.63, 3.8) is 0 Å². The van der Waals surface area contributed by atoms with Crippen molar-refractivity contribution in [1.29, 1.82) is 0 Å². The first-order chi connectivity index (χ1) is 11.8. The number of hydrogen-bond donors (Lipinski definition) is 0. The Balaban J connectivity index is 0.000000815. The highest BCUT2D eigenvalue weighted by atomic mass is 19.1. The van der Waals surface area contributed by atoms with Gasteiger partial charge < -0.3 is 0 Å². The fourth-order valence-corrected chi connectivity index (χ4v) is 3.27. The molecule has 1 fully saturated rings. The summed E-state index contributed by atoms with van der Waals surface area (Å²) < 4.78 is 13.3. The van der Waals surface area contributed by atoms with Gasteiger partial charge in [0.15, 0.2) is 0 Å². The van der Waals surface area contributed by atoms with E-state index in [1.165, 1.54) is 29.7 Å². The van der Waals surface area contributed by atoms with Gasteiger partial charge in [0.1, 0.15) is 5.82 Å². The van der Waals surface area contributed by atoms with Crippen molar-refractivity contribution in [2.24, 2.45) is 0 Å². The van der Waals surface area contributed by atoms with Crippen molar-refractivity contribution < 1.29 is 4.39 Å². The normalized spacial score (nSPS) is 13.5. The summed E-state index contributed by atoms with van der Waals surface area (Å²) in [6, 6.07) is 15.1. The Morgan fingerprint density at radius 2 is 1.67 bits per heavy atom. The molecule has 2 aromatic carbocycles. The molecule has 124 valence electrons. The maximum absolute atomic E-state index is 13.3. The number of benzene rings is 2. The fraction of sp³-hybridized carbons (Fsp3) is 0.318. The van der Waals surface area contributed by atoms with Gasteiger partial charge in [-0.05, 0) is 54.2 Å². The first-order valence-electron chi connectivity index (χ1n) is 8.95. The van der Waals surface area contributed by atoms with Crippen LogP contribution in [0.4, 0.5) is 4.39 Å². The second kappa shape index (κ2) is 7.12. The maximum Gasteiger partial charge on any atom is 0.123 e. The van der Waals surface area contributed by atoms with Gasteiger partial charge in [-0.15, -0.1) is 0 Å². The minimum absolute atomic E-state index is 0.192. The van der Waals surface area contributed by atoms with E-state index in [2.05, 4.69) is 19.1 Å². The van der Waals surface area contributed by atoms with Crippen molar-refractivity contribution in [1.82, 2.24) is 4.98 Å². The lowest BCUT2D eigenvalue weighted by atomic mass is 9.91. The van der Waals surface area contributed by atoms with E-state index < -0.39 is 0 Å².